The fourth-order valence-corrected chi connectivity index (χ4v) is 3.30. The first-order valence-electron chi connectivity index (χ1n) is 7.57. The van der Waals surface area contributed by atoms with E-state index in [-0.39, 0.29) is 17.4 Å². The zero-order chi connectivity index (χ0) is 17.8. The molecular weight excluding hydrogens is 362 g/mol. The highest BCUT2D eigenvalue weighted by Crippen LogP contribution is 2.23. The van der Waals surface area contributed by atoms with E-state index in [1.54, 1.807) is 36.4 Å². The SMILES string of the molecule is O=c1[nH]c(O)c(Cc2ccc(OC[C@@H](O)c3cccc(Cl)c3)cc2)s1. The minimum atomic E-state index is -0.771. The van der Waals surface area contributed by atoms with Crippen molar-refractivity contribution < 1.29 is 14.9 Å². The van der Waals surface area contributed by atoms with Gasteiger partial charge in [-0.25, -0.2) is 0 Å². The van der Waals surface area contributed by atoms with Gasteiger partial charge in [-0.2, -0.15) is 0 Å². The number of hydrogen-bond donors (Lipinski definition) is 3. The topological polar surface area (TPSA) is 82.6 Å². The van der Waals surface area contributed by atoms with Crippen molar-refractivity contribution in [3.63, 3.8) is 0 Å². The number of aromatic amines is 1. The Hall–Kier alpha value is -2.28. The van der Waals surface area contributed by atoms with Crippen LogP contribution in [0.2, 0.25) is 5.02 Å². The van der Waals surface area contributed by atoms with Gasteiger partial charge in [-0.15, -0.1) is 0 Å². The number of nitrogens with one attached hydrogen (secondary N) is 1. The minimum Gasteiger partial charge on any atom is -0.494 e. The van der Waals surface area contributed by atoms with Crippen molar-refractivity contribution in [3.8, 4) is 11.6 Å². The molecule has 1 atom stereocenters. The normalized spacial score (nSPS) is 12.1. The third kappa shape index (κ3) is 4.63. The molecule has 0 radical (unpaired) electrons. The van der Waals surface area contributed by atoms with Crippen molar-refractivity contribution in [2.45, 2.75) is 12.5 Å². The Balaban J connectivity index is 1.59. The van der Waals surface area contributed by atoms with Gasteiger partial charge in [-0.1, -0.05) is 47.2 Å². The van der Waals surface area contributed by atoms with Crippen molar-refractivity contribution in [2.75, 3.05) is 6.61 Å². The molecule has 0 aliphatic carbocycles. The Morgan fingerprint density at radius 1 is 1.20 bits per heavy atom. The predicted molar refractivity (Wildman–Crippen MR) is 97.8 cm³/mol. The van der Waals surface area contributed by atoms with Crippen LogP contribution in [0.3, 0.4) is 0 Å². The molecule has 130 valence electrons. The summed E-state index contributed by atoms with van der Waals surface area (Å²) < 4.78 is 5.60. The first-order valence-corrected chi connectivity index (χ1v) is 8.77. The molecular formula is C18H16ClNO4S. The molecule has 0 unspecified atom stereocenters. The van der Waals surface area contributed by atoms with Crippen LogP contribution in [0.1, 0.15) is 22.1 Å². The lowest BCUT2D eigenvalue weighted by atomic mass is 10.1. The number of H-pyrrole nitrogens is 1. The molecule has 0 aliphatic rings. The van der Waals surface area contributed by atoms with Crippen molar-refractivity contribution in [2.24, 2.45) is 0 Å². The molecule has 0 aliphatic heterocycles. The number of thiazole rings is 1. The van der Waals surface area contributed by atoms with Gasteiger partial charge in [0.15, 0.2) is 0 Å². The van der Waals surface area contributed by atoms with Crippen molar-refractivity contribution in [1.29, 1.82) is 0 Å². The second kappa shape index (κ2) is 7.74. The van der Waals surface area contributed by atoms with Crippen LogP contribution >= 0.6 is 22.9 Å². The maximum absolute atomic E-state index is 11.2. The second-order valence-corrected chi connectivity index (χ2v) is 6.99. The van der Waals surface area contributed by atoms with Gasteiger partial charge in [0.25, 0.3) is 0 Å². The van der Waals surface area contributed by atoms with Crippen molar-refractivity contribution >= 4 is 22.9 Å². The van der Waals surface area contributed by atoms with Crippen LogP contribution in [0, 0.1) is 0 Å². The van der Waals surface area contributed by atoms with Crippen LogP contribution in [0.25, 0.3) is 0 Å². The quantitative estimate of drug-likeness (QED) is 0.614. The maximum atomic E-state index is 11.2. The molecule has 0 saturated carbocycles. The molecule has 0 saturated heterocycles. The van der Waals surface area contributed by atoms with E-state index in [1.807, 2.05) is 12.1 Å². The minimum absolute atomic E-state index is 0.0834. The highest BCUT2D eigenvalue weighted by atomic mass is 35.5. The number of hydrogen-bond acceptors (Lipinski definition) is 5. The number of rotatable bonds is 6. The van der Waals surface area contributed by atoms with E-state index in [1.165, 1.54) is 0 Å². The molecule has 2 aromatic carbocycles. The van der Waals surface area contributed by atoms with Crippen molar-refractivity contribution in [3.05, 3.63) is 79.2 Å². The van der Waals surface area contributed by atoms with E-state index >= 15 is 0 Å². The van der Waals surface area contributed by atoms with E-state index in [0.717, 1.165) is 16.9 Å². The molecule has 0 spiro atoms. The number of aromatic hydroxyl groups is 1. The zero-order valence-electron chi connectivity index (χ0n) is 13.1. The fourth-order valence-electron chi connectivity index (χ4n) is 2.35. The van der Waals surface area contributed by atoms with Crippen LogP contribution in [-0.2, 0) is 6.42 Å². The largest absolute Gasteiger partial charge is 0.494 e. The Kier molecular flexibility index (Phi) is 5.43. The maximum Gasteiger partial charge on any atom is 0.307 e. The van der Waals surface area contributed by atoms with E-state index in [4.69, 9.17) is 16.3 Å². The summed E-state index contributed by atoms with van der Waals surface area (Å²) in [6.45, 7) is 0.111. The third-order valence-corrected chi connectivity index (χ3v) is 4.74. The van der Waals surface area contributed by atoms with E-state index < -0.39 is 6.10 Å². The van der Waals surface area contributed by atoms with Gasteiger partial charge in [-0.05, 0) is 35.4 Å². The molecule has 1 aromatic heterocycles. The lowest BCUT2D eigenvalue weighted by Gasteiger charge is -2.13. The number of benzene rings is 2. The van der Waals surface area contributed by atoms with E-state index in [2.05, 4.69) is 4.98 Å². The molecule has 3 N–H and O–H groups in total. The highest BCUT2D eigenvalue weighted by molar-refractivity contribution is 7.09. The Morgan fingerprint density at radius 3 is 2.60 bits per heavy atom. The molecule has 0 bridgehead atoms. The first kappa shape index (κ1) is 17.5. The fraction of sp³-hybridized carbons (Fsp3) is 0.167. The summed E-state index contributed by atoms with van der Waals surface area (Å²) in [7, 11) is 0. The van der Waals surface area contributed by atoms with Crippen molar-refractivity contribution in [1.82, 2.24) is 4.98 Å². The van der Waals surface area contributed by atoms with Gasteiger partial charge in [0.2, 0.25) is 5.88 Å². The average Bonchev–Trinajstić information content (AvgIpc) is 2.91. The van der Waals surface area contributed by atoms with Gasteiger partial charge in [0.05, 0.1) is 4.88 Å². The summed E-state index contributed by atoms with van der Waals surface area (Å²) in [5, 5.41) is 20.3. The number of aliphatic hydroxyl groups excluding tert-OH is 1. The van der Waals surface area contributed by atoms with Gasteiger partial charge < -0.3 is 14.9 Å². The predicted octanol–water partition coefficient (Wildman–Crippen LogP) is 3.50. The molecule has 3 rings (SSSR count). The number of halogens is 1. The highest BCUT2D eigenvalue weighted by Gasteiger charge is 2.10. The standard InChI is InChI=1S/C18H16ClNO4S/c19-13-3-1-2-12(9-13)15(21)10-24-14-6-4-11(5-7-14)8-16-17(22)20-18(23)25-16/h1-7,9,15,21-22H,8,10H2,(H,20,23)/t15-/m1/s1. The summed E-state index contributed by atoms with van der Waals surface area (Å²) in [4.78, 5) is 13.9. The van der Waals surface area contributed by atoms with Crippen LogP contribution in [0.15, 0.2) is 53.3 Å². The lowest BCUT2D eigenvalue weighted by Crippen LogP contribution is -2.09. The molecule has 5 nitrogen and oxygen atoms in total. The third-order valence-electron chi connectivity index (χ3n) is 3.63. The van der Waals surface area contributed by atoms with Gasteiger partial charge in [0.1, 0.15) is 18.5 Å². The summed E-state index contributed by atoms with van der Waals surface area (Å²) >= 11 is 6.90. The first-order chi connectivity index (χ1) is 12.0. The van der Waals surface area contributed by atoms with Crippen LogP contribution in [0.5, 0.6) is 11.6 Å². The smallest absolute Gasteiger partial charge is 0.307 e. The van der Waals surface area contributed by atoms with Crippen LogP contribution < -0.4 is 9.61 Å². The molecule has 0 fully saturated rings. The molecule has 25 heavy (non-hydrogen) atoms. The monoisotopic (exact) mass is 377 g/mol. The Bertz CT molecular complexity index is 904. The number of aromatic nitrogens is 1. The Labute approximate surface area is 153 Å². The van der Waals surface area contributed by atoms with Gasteiger partial charge in [-0.3, -0.25) is 9.78 Å². The van der Waals surface area contributed by atoms with Crippen LogP contribution in [0.4, 0.5) is 0 Å². The van der Waals surface area contributed by atoms with Gasteiger partial charge >= 0.3 is 4.87 Å². The molecule has 3 aromatic rings. The second-order valence-electron chi connectivity index (χ2n) is 5.49. The van der Waals surface area contributed by atoms with E-state index in [9.17, 15) is 15.0 Å². The molecule has 7 heteroatoms. The Morgan fingerprint density at radius 2 is 1.96 bits per heavy atom. The zero-order valence-corrected chi connectivity index (χ0v) is 14.7. The summed E-state index contributed by atoms with van der Waals surface area (Å²) in [5.74, 6) is 0.538. The summed E-state index contributed by atoms with van der Waals surface area (Å²) in [6.07, 6.45) is -0.312. The summed E-state index contributed by atoms with van der Waals surface area (Å²) in [6, 6.07) is 14.3. The lowest BCUT2D eigenvalue weighted by molar-refractivity contribution is 0.108. The summed E-state index contributed by atoms with van der Waals surface area (Å²) in [5.41, 5.74) is 1.63. The average molecular weight is 378 g/mol. The number of aliphatic hydroxyl groups is 1. The number of ether oxygens (including phenoxy) is 1. The molecule has 0 amide bonds. The van der Waals surface area contributed by atoms with Gasteiger partial charge in [0, 0.05) is 11.4 Å². The van der Waals surface area contributed by atoms with E-state index in [0.29, 0.717) is 27.6 Å². The molecule has 1 heterocycles. The van der Waals surface area contributed by atoms with Crippen LogP contribution in [-0.4, -0.2) is 21.8 Å².